The van der Waals surface area contributed by atoms with Gasteiger partial charge in [-0.15, -0.1) is 22.7 Å². The number of benzene rings is 10. The van der Waals surface area contributed by atoms with Crippen LogP contribution in [0, 0.1) is 0 Å². The van der Waals surface area contributed by atoms with E-state index in [9.17, 15) is 0 Å². The summed E-state index contributed by atoms with van der Waals surface area (Å²) in [6.07, 6.45) is 0. The predicted molar refractivity (Wildman–Crippen MR) is 239 cm³/mol. The first-order chi connectivity index (χ1) is 26.8. The third kappa shape index (κ3) is 4.24. The van der Waals surface area contributed by atoms with E-state index in [1.807, 2.05) is 22.7 Å². The number of fused-ring (bicyclic) bond motifs is 11. The van der Waals surface area contributed by atoms with E-state index in [-0.39, 0.29) is 0 Å². The molecule has 12 rings (SSSR count). The highest BCUT2D eigenvalue weighted by Gasteiger charge is 2.22. The van der Waals surface area contributed by atoms with Crippen LogP contribution in [0.4, 0.5) is 0 Å². The minimum absolute atomic E-state index is 1.24. The Kier molecular flexibility index (Phi) is 6.48. The summed E-state index contributed by atoms with van der Waals surface area (Å²) in [5.74, 6) is 0. The Hall–Kier alpha value is -6.32. The number of hydrogen-bond acceptors (Lipinski definition) is 2. The molecule has 10 aromatic carbocycles. The van der Waals surface area contributed by atoms with Crippen molar-refractivity contribution in [3.8, 4) is 33.4 Å². The summed E-state index contributed by atoms with van der Waals surface area (Å²) in [4.78, 5) is 0. The van der Waals surface area contributed by atoms with Crippen molar-refractivity contribution < 1.29 is 0 Å². The smallest absolute Gasteiger partial charge is 0.0440 e. The third-order valence-corrected chi connectivity index (χ3v) is 13.8. The van der Waals surface area contributed by atoms with Gasteiger partial charge in [0.25, 0.3) is 0 Å². The van der Waals surface area contributed by atoms with Crippen LogP contribution in [0.2, 0.25) is 0 Å². The van der Waals surface area contributed by atoms with Crippen LogP contribution in [0.5, 0.6) is 0 Å². The lowest BCUT2D eigenvalue weighted by molar-refractivity contribution is 1.66. The van der Waals surface area contributed by atoms with Crippen molar-refractivity contribution in [1.29, 1.82) is 0 Å². The average Bonchev–Trinajstić information content (AvgIpc) is 3.80. The standard InChI is InChI=1S/C52H30S2/c1-2-14-31(15-3-1)47-36-20-8-10-22-38(36)48(39-23-11-9-21-37(39)47)40-26-27-41(35-19-7-6-18-34(35)40)49-33-17-5-4-16-32(33)30-43-51-46(54-52(43)49)29-28-45-50(51)42-24-12-13-25-44(42)53-45/h1-30H. The zero-order chi connectivity index (χ0) is 35.3. The van der Waals surface area contributed by atoms with Crippen molar-refractivity contribution in [2.45, 2.75) is 0 Å². The summed E-state index contributed by atoms with van der Waals surface area (Å²) in [6.45, 7) is 0. The first kappa shape index (κ1) is 30.2. The Bertz CT molecular complexity index is 3430. The van der Waals surface area contributed by atoms with Crippen molar-refractivity contribution in [3.05, 3.63) is 182 Å². The fourth-order valence-corrected chi connectivity index (χ4v) is 11.6. The molecule has 0 saturated heterocycles. The maximum atomic E-state index is 2.45. The van der Waals surface area contributed by atoms with E-state index in [1.54, 1.807) is 0 Å². The fraction of sp³-hybridized carbons (Fsp3) is 0. The van der Waals surface area contributed by atoms with E-state index in [4.69, 9.17) is 0 Å². The maximum absolute atomic E-state index is 2.45. The molecule has 0 nitrogen and oxygen atoms in total. The fourth-order valence-electron chi connectivity index (χ4n) is 9.22. The second-order valence-corrected chi connectivity index (χ2v) is 16.4. The first-order valence-corrected chi connectivity index (χ1v) is 20.1. The zero-order valence-electron chi connectivity index (χ0n) is 29.1. The Morgan fingerprint density at radius 3 is 1.43 bits per heavy atom. The molecule has 0 atom stereocenters. The SMILES string of the molecule is c1ccc(-c2c3ccccc3c(-c3ccc(-c4c5ccccc5cc5c4sc4ccc6sc7ccccc7c6c45)c4ccccc34)c3ccccc23)cc1. The summed E-state index contributed by atoms with van der Waals surface area (Å²) in [5, 5.41) is 15.7. The van der Waals surface area contributed by atoms with Gasteiger partial charge in [-0.1, -0.05) is 158 Å². The van der Waals surface area contributed by atoms with Gasteiger partial charge in [0.15, 0.2) is 0 Å². The van der Waals surface area contributed by atoms with Gasteiger partial charge in [0.2, 0.25) is 0 Å². The predicted octanol–water partition coefficient (Wildman–Crippen LogP) is 16.0. The van der Waals surface area contributed by atoms with Gasteiger partial charge in [0, 0.05) is 45.9 Å². The Morgan fingerprint density at radius 1 is 0.278 bits per heavy atom. The minimum Gasteiger partial charge on any atom is -0.135 e. The molecule has 0 unspecified atom stereocenters. The molecule has 0 spiro atoms. The van der Waals surface area contributed by atoms with Crippen molar-refractivity contribution in [1.82, 2.24) is 0 Å². The molecule has 2 heterocycles. The van der Waals surface area contributed by atoms with Crippen LogP contribution in [0.3, 0.4) is 0 Å². The normalized spacial score (nSPS) is 12.1. The Balaban J connectivity index is 1.19. The van der Waals surface area contributed by atoms with Gasteiger partial charge in [-0.2, -0.15) is 0 Å². The molecule has 0 saturated carbocycles. The third-order valence-electron chi connectivity index (χ3n) is 11.4. The van der Waals surface area contributed by atoms with Gasteiger partial charge in [-0.3, -0.25) is 0 Å². The lowest BCUT2D eigenvalue weighted by Gasteiger charge is -2.20. The molecule has 250 valence electrons. The highest BCUT2D eigenvalue weighted by molar-refractivity contribution is 7.28. The quantitative estimate of drug-likeness (QED) is 0.160. The summed E-state index contributed by atoms with van der Waals surface area (Å²) in [6, 6.07) is 67.7. The highest BCUT2D eigenvalue weighted by Crippen LogP contribution is 2.51. The van der Waals surface area contributed by atoms with Crippen LogP contribution < -0.4 is 0 Å². The maximum Gasteiger partial charge on any atom is 0.0440 e. The molecule has 2 aromatic heterocycles. The zero-order valence-corrected chi connectivity index (χ0v) is 30.8. The molecule has 0 bridgehead atoms. The van der Waals surface area contributed by atoms with E-state index < -0.39 is 0 Å². The summed E-state index contributed by atoms with van der Waals surface area (Å²) < 4.78 is 5.40. The topological polar surface area (TPSA) is 0 Å². The Labute approximate surface area is 319 Å². The van der Waals surface area contributed by atoms with Crippen LogP contribution in [0.15, 0.2) is 182 Å². The molecule has 0 N–H and O–H groups in total. The van der Waals surface area contributed by atoms with Crippen molar-refractivity contribution in [3.63, 3.8) is 0 Å². The second kappa shape index (κ2) is 11.6. The van der Waals surface area contributed by atoms with Gasteiger partial charge >= 0.3 is 0 Å². The number of rotatable bonds is 3. The lowest BCUT2D eigenvalue weighted by Crippen LogP contribution is -1.92. The van der Waals surface area contributed by atoms with Gasteiger partial charge < -0.3 is 0 Å². The molecule has 0 radical (unpaired) electrons. The van der Waals surface area contributed by atoms with E-state index in [0.717, 1.165) is 0 Å². The largest absolute Gasteiger partial charge is 0.135 e. The minimum atomic E-state index is 1.24. The Morgan fingerprint density at radius 2 is 0.759 bits per heavy atom. The molecule has 12 aromatic rings. The summed E-state index contributed by atoms with van der Waals surface area (Å²) in [7, 11) is 0. The summed E-state index contributed by atoms with van der Waals surface area (Å²) in [5.41, 5.74) is 7.70. The van der Waals surface area contributed by atoms with E-state index >= 15 is 0 Å². The summed E-state index contributed by atoms with van der Waals surface area (Å²) >= 11 is 3.84. The van der Waals surface area contributed by atoms with Crippen LogP contribution in [0.1, 0.15) is 0 Å². The van der Waals surface area contributed by atoms with E-state index in [2.05, 4.69) is 182 Å². The van der Waals surface area contributed by atoms with Crippen LogP contribution >= 0.6 is 22.7 Å². The second-order valence-electron chi connectivity index (χ2n) is 14.3. The van der Waals surface area contributed by atoms with Crippen molar-refractivity contribution in [2.24, 2.45) is 0 Å². The highest BCUT2D eigenvalue weighted by atomic mass is 32.1. The number of hydrogen-bond donors (Lipinski definition) is 0. The molecule has 0 aliphatic heterocycles. The van der Waals surface area contributed by atoms with Crippen molar-refractivity contribution in [2.75, 3.05) is 0 Å². The average molecular weight is 719 g/mol. The molecule has 54 heavy (non-hydrogen) atoms. The molecule has 0 fully saturated rings. The van der Waals surface area contributed by atoms with Gasteiger partial charge in [0.1, 0.15) is 0 Å². The van der Waals surface area contributed by atoms with Gasteiger partial charge in [-0.05, 0) is 95.2 Å². The van der Waals surface area contributed by atoms with Gasteiger partial charge in [0.05, 0.1) is 0 Å². The van der Waals surface area contributed by atoms with Crippen molar-refractivity contribution >= 4 is 106 Å². The van der Waals surface area contributed by atoms with E-state index in [1.165, 1.54) is 117 Å². The number of thiophene rings is 2. The van der Waals surface area contributed by atoms with Crippen LogP contribution in [0.25, 0.3) is 117 Å². The molecular weight excluding hydrogens is 689 g/mol. The molecule has 2 heteroatoms. The molecule has 0 aliphatic carbocycles. The van der Waals surface area contributed by atoms with Gasteiger partial charge in [-0.25, -0.2) is 0 Å². The monoisotopic (exact) mass is 718 g/mol. The molecule has 0 aliphatic rings. The van der Waals surface area contributed by atoms with Crippen LogP contribution in [-0.2, 0) is 0 Å². The molecular formula is C52H30S2. The van der Waals surface area contributed by atoms with Crippen LogP contribution in [-0.4, -0.2) is 0 Å². The molecule has 0 amide bonds. The first-order valence-electron chi connectivity index (χ1n) is 18.5. The lowest BCUT2D eigenvalue weighted by atomic mass is 9.83. The van der Waals surface area contributed by atoms with E-state index in [0.29, 0.717) is 0 Å².